The van der Waals surface area contributed by atoms with E-state index in [0.717, 1.165) is 116 Å². The van der Waals surface area contributed by atoms with Crippen molar-refractivity contribution in [3.8, 4) is 0 Å². The zero-order valence-electron chi connectivity index (χ0n) is 48.2. The molecule has 0 bridgehead atoms. The first-order valence-corrected chi connectivity index (χ1v) is 30.4. The predicted molar refractivity (Wildman–Crippen MR) is 325 cm³/mol. The lowest BCUT2D eigenvalue weighted by Crippen LogP contribution is -2.37. The lowest BCUT2D eigenvalue weighted by molar-refractivity contribution is -0.870. The van der Waals surface area contributed by atoms with Gasteiger partial charge in [-0.3, -0.25) is 18.6 Å². The van der Waals surface area contributed by atoms with E-state index in [2.05, 4.69) is 178 Å². The lowest BCUT2D eigenvalue weighted by Gasteiger charge is -2.24. The summed E-state index contributed by atoms with van der Waals surface area (Å²) in [5, 5.41) is 0. The highest BCUT2D eigenvalue weighted by Crippen LogP contribution is 2.43. The van der Waals surface area contributed by atoms with Crippen LogP contribution in [0.5, 0.6) is 0 Å². The molecule has 0 aromatic carbocycles. The second-order valence-corrected chi connectivity index (χ2v) is 21.0. The van der Waals surface area contributed by atoms with Crippen LogP contribution in [0.2, 0.25) is 0 Å². The Labute approximate surface area is 464 Å². The Morgan fingerprint density at radius 2 is 0.724 bits per heavy atom. The maximum absolute atomic E-state index is 12.8. The molecule has 2 atom stereocenters. The number of rotatable bonds is 50. The van der Waals surface area contributed by atoms with Crippen molar-refractivity contribution in [2.75, 3.05) is 47.5 Å². The maximum Gasteiger partial charge on any atom is 0.472 e. The zero-order valence-corrected chi connectivity index (χ0v) is 49.1. The Hall–Kier alpha value is -4.63. The molecule has 0 radical (unpaired) electrons. The van der Waals surface area contributed by atoms with Gasteiger partial charge < -0.3 is 18.9 Å². The molecule has 0 saturated carbocycles. The molecular weight excluding hydrogens is 966 g/mol. The molecule has 0 aromatic rings. The number of allylic oxidation sites excluding steroid dienone is 28. The molecule has 9 nitrogen and oxygen atoms in total. The summed E-state index contributed by atoms with van der Waals surface area (Å²) < 4.78 is 34.5. The van der Waals surface area contributed by atoms with Gasteiger partial charge in [0.15, 0.2) is 6.10 Å². The van der Waals surface area contributed by atoms with Crippen LogP contribution in [0.4, 0.5) is 0 Å². The minimum absolute atomic E-state index is 0.00784. The van der Waals surface area contributed by atoms with Crippen LogP contribution in [-0.4, -0.2) is 74.9 Å². The van der Waals surface area contributed by atoms with Crippen LogP contribution in [0, 0.1) is 0 Å². The quantitative estimate of drug-likeness (QED) is 0.0211. The fourth-order valence-electron chi connectivity index (χ4n) is 6.86. The molecule has 0 rings (SSSR count). The zero-order chi connectivity index (χ0) is 55.6. The summed E-state index contributed by atoms with van der Waals surface area (Å²) in [6.45, 7) is 4.09. The van der Waals surface area contributed by atoms with Gasteiger partial charge in [-0.2, -0.15) is 0 Å². The van der Waals surface area contributed by atoms with Crippen molar-refractivity contribution < 1.29 is 42.1 Å². The highest BCUT2D eigenvalue weighted by molar-refractivity contribution is 7.47. The molecule has 1 N–H and O–H groups in total. The first-order valence-electron chi connectivity index (χ1n) is 28.9. The largest absolute Gasteiger partial charge is 0.472 e. The molecule has 0 spiro atoms. The number of phosphoric ester groups is 1. The number of likely N-dealkylation sites (N-methyl/N-ethyl adjacent to an activating group) is 1. The van der Waals surface area contributed by atoms with Gasteiger partial charge in [-0.05, 0) is 122 Å². The molecule has 0 heterocycles. The third-order valence-corrected chi connectivity index (χ3v) is 12.2. The molecule has 0 aromatic heterocycles. The number of carbonyl (C=O) groups excluding carboxylic acids is 2. The number of nitrogens with zero attached hydrogens (tertiary/aromatic N) is 1. The van der Waals surface area contributed by atoms with E-state index in [0.29, 0.717) is 30.3 Å². The van der Waals surface area contributed by atoms with E-state index < -0.39 is 32.5 Å². The molecule has 10 heteroatoms. The normalized spacial score (nSPS) is 14.6. The number of esters is 2. The topological polar surface area (TPSA) is 108 Å². The van der Waals surface area contributed by atoms with E-state index in [1.165, 1.54) is 19.3 Å². The van der Waals surface area contributed by atoms with Crippen LogP contribution >= 0.6 is 7.82 Å². The first-order chi connectivity index (χ1) is 37.0. The van der Waals surface area contributed by atoms with E-state index in [1.54, 1.807) is 0 Å². The molecule has 0 aliphatic carbocycles. The van der Waals surface area contributed by atoms with Crippen LogP contribution < -0.4 is 0 Å². The van der Waals surface area contributed by atoms with E-state index >= 15 is 0 Å². The van der Waals surface area contributed by atoms with Gasteiger partial charge in [0, 0.05) is 12.8 Å². The summed E-state index contributed by atoms with van der Waals surface area (Å²) in [7, 11) is 1.40. The predicted octanol–water partition coefficient (Wildman–Crippen LogP) is 18.3. The molecule has 0 fully saturated rings. The van der Waals surface area contributed by atoms with Crippen LogP contribution in [-0.2, 0) is 32.7 Å². The number of quaternary nitrogens is 1. The Balaban J connectivity index is 4.38. The standard InChI is InChI=1S/C66H104NO8P/c1-6-8-10-12-14-16-18-20-22-24-26-28-30-31-32-33-34-35-37-39-41-43-45-47-49-51-53-55-57-59-66(69)75-64(63-74-76(70,71)73-61-60-67(3,4)5)62-72-65(68)58-56-54-52-50-48-46-44-42-40-38-36-29-27-25-23-21-19-17-15-13-11-9-7-2/h8-11,14-17,20-23,26-29,31-32,34-35,38-41,45,47,51,53,64H,6-7,12-13,18-19,24-25,30,33,36-37,42-44,46,48-50,52,54-63H2,1-5H3/p+1/b10-8-,11-9-,16-14-,17-15-,22-20-,23-21-,28-26-,29-27-,32-31-,35-34-,40-38-,41-39-,47-45-,53-51-. The lowest BCUT2D eigenvalue weighted by atomic mass is 10.1. The smallest absolute Gasteiger partial charge is 0.462 e. The molecule has 0 aliphatic rings. The summed E-state index contributed by atoms with van der Waals surface area (Å²) in [4.78, 5) is 35.7. The van der Waals surface area contributed by atoms with E-state index in [-0.39, 0.29) is 26.1 Å². The van der Waals surface area contributed by atoms with Crippen LogP contribution in [0.3, 0.4) is 0 Å². The SMILES string of the molecule is CC/C=C\C/C=C\C/C=C\C/C=C\C/C=C\C/C=C\C/C=C\C/C=C\C/C=C\CCCC(=O)OC(COC(=O)CCCCCCCCC/C=C\C/C=C\C/C=C\C/C=C\C/C=C\CC)COP(=O)(O)OCC[N+](C)(C)C. The Morgan fingerprint density at radius 3 is 1.09 bits per heavy atom. The number of ether oxygens (including phenoxy) is 2. The van der Waals surface area contributed by atoms with Crippen molar-refractivity contribution in [1.29, 1.82) is 0 Å². The highest BCUT2D eigenvalue weighted by atomic mass is 31.2. The minimum atomic E-state index is -4.42. The minimum Gasteiger partial charge on any atom is -0.462 e. The average molecular weight is 1070 g/mol. The van der Waals surface area contributed by atoms with Crippen molar-refractivity contribution in [2.24, 2.45) is 0 Å². The van der Waals surface area contributed by atoms with Crippen LogP contribution in [0.25, 0.3) is 0 Å². The van der Waals surface area contributed by atoms with Gasteiger partial charge in [0.1, 0.15) is 19.8 Å². The maximum atomic E-state index is 12.8. The third kappa shape index (κ3) is 58.6. The summed E-state index contributed by atoms with van der Waals surface area (Å²) in [5.41, 5.74) is 0. The summed E-state index contributed by atoms with van der Waals surface area (Å²) in [6, 6.07) is 0. The van der Waals surface area contributed by atoms with E-state index in [4.69, 9.17) is 18.5 Å². The van der Waals surface area contributed by atoms with Crippen LogP contribution in [0.1, 0.15) is 181 Å². The van der Waals surface area contributed by atoms with Gasteiger partial charge in [0.2, 0.25) is 0 Å². The summed E-state index contributed by atoms with van der Waals surface area (Å²) in [6.07, 6.45) is 84.2. The Bertz CT molecular complexity index is 1880. The first kappa shape index (κ1) is 71.4. The molecule has 0 amide bonds. The molecule has 426 valence electrons. The van der Waals surface area contributed by atoms with Crippen molar-refractivity contribution in [3.63, 3.8) is 0 Å². The van der Waals surface area contributed by atoms with Crippen molar-refractivity contribution in [3.05, 3.63) is 170 Å². The van der Waals surface area contributed by atoms with Gasteiger partial charge in [-0.1, -0.05) is 216 Å². The number of phosphoric acid groups is 1. The van der Waals surface area contributed by atoms with Gasteiger partial charge in [0.05, 0.1) is 27.7 Å². The molecule has 76 heavy (non-hydrogen) atoms. The molecule has 0 saturated heterocycles. The van der Waals surface area contributed by atoms with Gasteiger partial charge >= 0.3 is 19.8 Å². The fourth-order valence-corrected chi connectivity index (χ4v) is 7.61. The van der Waals surface area contributed by atoms with E-state index in [1.807, 2.05) is 27.2 Å². The number of carbonyl (C=O) groups is 2. The van der Waals surface area contributed by atoms with Crippen molar-refractivity contribution >= 4 is 19.8 Å². The van der Waals surface area contributed by atoms with Gasteiger partial charge in [-0.25, -0.2) is 4.57 Å². The highest BCUT2D eigenvalue weighted by Gasteiger charge is 2.27. The Morgan fingerprint density at radius 1 is 0.408 bits per heavy atom. The summed E-state index contributed by atoms with van der Waals surface area (Å²) in [5.74, 6) is -0.897. The number of hydrogen-bond acceptors (Lipinski definition) is 7. The average Bonchev–Trinajstić information content (AvgIpc) is 3.38. The number of hydrogen-bond donors (Lipinski definition) is 1. The van der Waals surface area contributed by atoms with Crippen molar-refractivity contribution in [2.45, 2.75) is 187 Å². The molecular formula is C66H105NO8P+. The fraction of sp³-hybridized carbons (Fsp3) is 0.545. The van der Waals surface area contributed by atoms with Gasteiger partial charge in [-0.15, -0.1) is 0 Å². The third-order valence-electron chi connectivity index (χ3n) is 11.2. The van der Waals surface area contributed by atoms with Gasteiger partial charge in [0.25, 0.3) is 0 Å². The Kier molecular flexibility index (Phi) is 51.8. The molecule has 2 unspecified atom stereocenters. The summed E-state index contributed by atoms with van der Waals surface area (Å²) >= 11 is 0. The number of unbranched alkanes of at least 4 members (excludes halogenated alkanes) is 8. The van der Waals surface area contributed by atoms with Crippen molar-refractivity contribution in [1.82, 2.24) is 0 Å². The second kappa shape index (κ2) is 55.1. The van der Waals surface area contributed by atoms with Crippen LogP contribution in [0.15, 0.2) is 170 Å². The monoisotopic (exact) mass is 1070 g/mol. The van der Waals surface area contributed by atoms with E-state index in [9.17, 15) is 19.0 Å². The molecule has 0 aliphatic heterocycles. The second-order valence-electron chi connectivity index (χ2n) is 19.6.